The van der Waals surface area contributed by atoms with Crippen molar-refractivity contribution in [2.45, 2.75) is 5.54 Å². The van der Waals surface area contributed by atoms with E-state index < -0.39 is 23.0 Å². The van der Waals surface area contributed by atoms with E-state index in [0.717, 1.165) is 0 Å². The van der Waals surface area contributed by atoms with Gasteiger partial charge in [-0.25, -0.2) is 0 Å². The van der Waals surface area contributed by atoms with Gasteiger partial charge in [-0.05, 0) is 28.6 Å². The molecule has 0 saturated carbocycles. The topological polar surface area (TPSA) is 110 Å². The maximum atomic E-state index is 14.5. The van der Waals surface area contributed by atoms with Crippen LogP contribution in [0, 0.1) is 0 Å². The number of nitrogens with zero attached hydrogens (tertiary/aromatic N) is 5. The molecule has 1 unspecified atom stereocenters. The summed E-state index contributed by atoms with van der Waals surface area (Å²) in [5.74, 6) is -1.67. The third kappa shape index (κ3) is 2.04. The van der Waals surface area contributed by atoms with E-state index in [9.17, 15) is 14.4 Å². The summed E-state index contributed by atoms with van der Waals surface area (Å²) in [5.41, 5.74) is 1.17. The van der Waals surface area contributed by atoms with E-state index in [-0.39, 0.29) is 17.1 Å². The molecule has 9 heteroatoms. The van der Waals surface area contributed by atoms with Crippen LogP contribution in [0.2, 0.25) is 0 Å². The van der Waals surface area contributed by atoms with Gasteiger partial charge in [0.1, 0.15) is 0 Å². The molecule has 3 heterocycles. The van der Waals surface area contributed by atoms with Gasteiger partial charge in [-0.3, -0.25) is 19.3 Å². The van der Waals surface area contributed by atoms with Crippen LogP contribution in [0.5, 0.6) is 0 Å². The van der Waals surface area contributed by atoms with Gasteiger partial charge >= 0.3 is 0 Å². The number of hydrogen-bond donors (Lipinski definition) is 1. The molecule has 2 aliphatic heterocycles. The molecule has 0 saturated heterocycles. The number of carbonyl (C=O) groups excluding carboxylic acids is 3. The van der Waals surface area contributed by atoms with Crippen molar-refractivity contribution in [1.82, 2.24) is 20.2 Å². The summed E-state index contributed by atoms with van der Waals surface area (Å²) in [6, 6.07) is 23.2. The summed E-state index contributed by atoms with van der Waals surface area (Å²) >= 11 is 0. The van der Waals surface area contributed by atoms with Gasteiger partial charge in [0.15, 0.2) is 0 Å². The summed E-state index contributed by atoms with van der Waals surface area (Å²) in [5, 5.41) is 15.1. The fourth-order valence-corrected chi connectivity index (χ4v) is 5.21. The zero-order valence-electron chi connectivity index (χ0n) is 17.5. The SMILES string of the molecule is O=C1C(=O)c2ccccc2C2=C1C1(C(=O)N(c3ccccc3)c3ccccc31)n1nnnc1N2. The quantitative estimate of drug-likeness (QED) is 0.448. The molecule has 0 radical (unpaired) electrons. The van der Waals surface area contributed by atoms with Crippen molar-refractivity contribution in [2.75, 3.05) is 10.2 Å². The first-order valence-electron chi connectivity index (χ1n) is 10.6. The molecule has 1 N–H and O–H groups in total. The lowest BCUT2D eigenvalue weighted by molar-refractivity contribution is -0.124. The number of anilines is 3. The zero-order chi connectivity index (χ0) is 23.0. The molecule has 0 bridgehead atoms. The minimum Gasteiger partial charge on any atom is -0.322 e. The number of carbonyl (C=O) groups is 3. The highest BCUT2D eigenvalue weighted by atomic mass is 16.2. The van der Waals surface area contributed by atoms with Gasteiger partial charge in [0, 0.05) is 22.4 Å². The van der Waals surface area contributed by atoms with Crippen LogP contribution in [-0.2, 0) is 15.1 Å². The Morgan fingerprint density at radius 1 is 0.765 bits per heavy atom. The lowest BCUT2D eigenvalue weighted by Crippen LogP contribution is -2.53. The minimum atomic E-state index is -1.74. The van der Waals surface area contributed by atoms with Crippen molar-refractivity contribution in [3.05, 3.63) is 101 Å². The highest BCUT2D eigenvalue weighted by molar-refractivity contribution is 6.54. The van der Waals surface area contributed by atoms with Gasteiger partial charge < -0.3 is 5.32 Å². The number of rotatable bonds is 1. The third-order valence-corrected chi connectivity index (χ3v) is 6.57. The molecule has 1 aromatic heterocycles. The van der Waals surface area contributed by atoms with Gasteiger partial charge in [0.25, 0.3) is 5.91 Å². The largest absolute Gasteiger partial charge is 0.322 e. The number of nitrogens with one attached hydrogen (secondary N) is 1. The number of Topliss-reactive ketones (excluding diaryl/α,β-unsaturated/α-hetero) is 2. The highest BCUT2D eigenvalue weighted by Crippen LogP contribution is 2.54. The second-order valence-corrected chi connectivity index (χ2v) is 8.20. The predicted molar refractivity (Wildman–Crippen MR) is 121 cm³/mol. The summed E-state index contributed by atoms with van der Waals surface area (Å²) in [4.78, 5) is 43.0. The van der Waals surface area contributed by atoms with Crippen LogP contribution in [0.3, 0.4) is 0 Å². The van der Waals surface area contributed by atoms with Gasteiger partial charge in [0.05, 0.1) is 17.0 Å². The van der Waals surface area contributed by atoms with E-state index in [0.29, 0.717) is 28.2 Å². The van der Waals surface area contributed by atoms with Crippen molar-refractivity contribution in [2.24, 2.45) is 0 Å². The second kappa shape index (κ2) is 6.32. The molecule has 0 fully saturated rings. The molecular formula is C25H14N6O3. The predicted octanol–water partition coefficient (Wildman–Crippen LogP) is 2.70. The van der Waals surface area contributed by atoms with E-state index in [1.807, 2.05) is 42.5 Å². The molecule has 1 atom stereocenters. The Labute approximate surface area is 192 Å². The fourth-order valence-electron chi connectivity index (χ4n) is 5.21. The third-order valence-electron chi connectivity index (χ3n) is 6.57. The van der Waals surface area contributed by atoms with E-state index in [1.54, 1.807) is 41.3 Å². The van der Waals surface area contributed by atoms with E-state index >= 15 is 0 Å². The van der Waals surface area contributed by atoms with Crippen molar-refractivity contribution in [3.8, 4) is 0 Å². The Morgan fingerprint density at radius 3 is 2.29 bits per heavy atom. The number of ketones is 2. The van der Waals surface area contributed by atoms with Crippen LogP contribution >= 0.6 is 0 Å². The first-order chi connectivity index (χ1) is 16.6. The van der Waals surface area contributed by atoms with Crippen LogP contribution in [-0.4, -0.2) is 37.7 Å². The Balaban J connectivity index is 1.63. The molecule has 3 aliphatic rings. The smallest absolute Gasteiger partial charge is 0.269 e. The van der Waals surface area contributed by atoms with Crippen LogP contribution in [0.4, 0.5) is 17.3 Å². The maximum absolute atomic E-state index is 14.5. The van der Waals surface area contributed by atoms with Gasteiger partial charge in [-0.1, -0.05) is 65.8 Å². The van der Waals surface area contributed by atoms with Gasteiger partial charge in [-0.2, -0.15) is 4.68 Å². The standard InChI is InChI=1S/C25H14N6O3/c32-21-16-11-5-4-10-15(16)20-19(22(21)33)25(31-24(26-20)27-28-29-31)17-12-6-7-13-18(17)30(23(25)34)14-8-2-1-3-9-14/h1-13H,(H,26,27,29). The van der Waals surface area contributed by atoms with E-state index in [4.69, 9.17) is 0 Å². The molecule has 34 heavy (non-hydrogen) atoms. The van der Waals surface area contributed by atoms with Crippen LogP contribution in [0.15, 0.2) is 84.4 Å². The van der Waals surface area contributed by atoms with Crippen LogP contribution < -0.4 is 10.2 Å². The summed E-state index contributed by atoms with van der Waals surface area (Å²) in [7, 11) is 0. The molecule has 9 nitrogen and oxygen atoms in total. The van der Waals surface area contributed by atoms with E-state index in [2.05, 4.69) is 20.8 Å². The van der Waals surface area contributed by atoms with Crippen LogP contribution in [0.1, 0.15) is 21.5 Å². The van der Waals surface area contributed by atoms with Crippen molar-refractivity contribution in [3.63, 3.8) is 0 Å². The molecular weight excluding hydrogens is 432 g/mol. The average molecular weight is 446 g/mol. The first-order valence-corrected chi connectivity index (χ1v) is 10.6. The minimum absolute atomic E-state index is 0.0203. The number of amides is 1. The molecule has 3 aromatic carbocycles. The molecule has 1 aliphatic carbocycles. The number of para-hydroxylation sites is 2. The number of fused-ring (bicyclic) bond motifs is 7. The normalized spacial score (nSPS) is 20.1. The molecule has 1 spiro atoms. The Morgan fingerprint density at radius 2 is 1.47 bits per heavy atom. The molecule has 1 amide bonds. The number of benzene rings is 3. The number of aromatic nitrogens is 4. The van der Waals surface area contributed by atoms with Crippen LogP contribution in [0.25, 0.3) is 5.70 Å². The summed E-state index contributed by atoms with van der Waals surface area (Å²) < 4.78 is 1.31. The van der Waals surface area contributed by atoms with Crippen molar-refractivity contribution >= 4 is 40.5 Å². The average Bonchev–Trinajstić information content (AvgIpc) is 3.45. The van der Waals surface area contributed by atoms with Gasteiger partial charge in [0.2, 0.25) is 23.1 Å². The maximum Gasteiger partial charge on any atom is 0.269 e. The summed E-state index contributed by atoms with van der Waals surface area (Å²) in [6.45, 7) is 0. The highest BCUT2D eigenvalue weighted by Gasteiger charge is 2.63. The Bertz CT molecular complexity index is 1610. The van der Waals surface area contributed by atoms with Crippen molar-refractivity contribution < 1.29 is 14.4 Å². The monoisotopic (exact) mass is 446 g/mol. The zero-order valence-corrected chi connectivity index (χ0v) is 17.5. The number of hydrogen-bond acceptors (Lipinski definition) is 7. The number of tetrazole rings is 1. The van der Waals surface area contributed by atoms with E-state index in [1.165, 1.54) is 4.68 Å². The molecule has 7 rings (SSSR count). The Hall–Kier alpha value is -4.92. The molecule has 162 valence electrons. The van der Waals surface area contributed by atoms with Gasteiger partial charge in [-0.15, -0.1) is 0 Å². The fraction of sp³-hybridized carbons (Fsp3) is 0.0400. The lowest BCUT2D eigenvalue weighted by atomic mass is 9.73. The second-order valence-electron chi connectivity index (χ2n) is 8.20. The molecule has 4 aromatic rings. The lowest BCUT2D eigenvalue weighted by Gasteiger charge is -2.38. The van der Waals surface area contributed by atoms with Crippen molar-refractivity contribution in [1.29, 1.82) is 0 Å². The summed E-state index contributed by atoms with van der Waals surface area (Å²) in [6.07, 6.45) is 0. The first kappa shape index (κ1) is 18.6. The Kier molecular flexibility index (Phi) is 3.46.